The van der Waals surface area contributed by atoms with E-state index in [1.807, 2.05) is 0 Å². The number of hydrogen-bond acceptors (Lipinski definition) is 4. The van der Waals surface area contributed by atoms with E-state index in [4.69, 9.17) is 4.74 Å². The number of aromatic nitrogens is 1. The number of amides is 2. The summed E-state index contributed by atoms with van der Waals surface area (Å²) in [4.78, 5) is 28.4. The maximum atomic E-state index is 12.3. The number of carbonyl (C=O) groups excluding carboxylic acids is 2. The standard InChI is InChI=1S/C19H21N3O3/c1-13(25-12-14-5-6-14)18(23)22-17-4-2-3-15(11-17)19(24)21-16-7-9-20-10-8-16/h2-4,7-11,13-14H,5-6,12H2,1H3,(H,22,23)(H,20,21,24)/t13-/m1/s1. The zero-order valence-corrected chi connectivity index (χ0v) is 14.1. The first kappa shape index (κ1) is 17.1. The van der Waals surface area contributed by atoms with Gasteiger partial charge in [-0.25, -0.2) is 0 Å². The van der Waals surface area contributed by atoms with Crippen LogP contribution < -0.4 is 10.6 Å². The maximum Gasteiger partial charge on any atom is 0.255 e. The predicted molar refractivity (Wildman–Crippen MR) is 95.4 cm³/mol. The smallest absolute Gasteiger partial charge is 0.255 e. The van der Waals surface area contributed by atoms with Crippen LogP contribution in [0.5, 0.6) is 0 Å². The predicted octanol–water partition coefficient (Wildman–Crippen LogP) is 3.09. The van der Waals surface area contributed by atoms with E-state index in [0.29, 0.717) is 29.5 Å². The Morgan fingerprint density at radius 1 is 1.16 bits per heavy atom. The van der Waals surface area contributed by atoms with Crippen molar-refractivity contribution in [2.45, 2.75) is 25.9 Å². The summed E-state index contributed by atoms with van der Waals surface area (Å²) in [5.41, 5.74) is 1.69. The molecule has 1 saturated carbocycles. The Morgan fingerprint density at radius 2 is 1.92 bits per heavy atom. The van der Waals surface area contributed by atoms with Crippen molar-refractivity contribution in [1.82, 2.24) is 4.98 Å². The zero-order valence-electron chi connectivity index (χ0n) is 14.1. The summed E-state index contributed by atoms with van der Waals surface area (Å²) in [7, 11) is 0. The topological polar surface area (TPSA) is 80.3 Å². The first-order valence-corrected chi connectivity index (χ1v) is 8.36. The van der Waals surface area contributed by atoms with Gasteiger partial charge in [0.2, 0.25) is 0 Å². The number of rotatable bonds is 7. The Hall–Kier alpha value is -2.73. The minimum atomic E-state index is -0.519. The number of carbonyl (C=O) groups is 2. The summed E-state index contributed by atoms with van der Waals surface area (Å²) in [6, 6.07) is 10.2. The lowest BCUT2D eigenvalue weighted by atomic mass is 10.1. The Kier molecular flexibility index (Phi) is 5.40. The van der Waals surface area contributed by atoms with Gasteiger partial charge < -0.3 is 15.4 Å². The highest BCUT2D eigenvalue weighted by Crippen LogP contribution is 2.29. The van der Waals surface area contributed by atoms with E-state index >= 15 is 0 Å². The van der Waals surface area contributed by atoms with Gasteiger partial charge in [0, 0.05) is 29.3 Å². The molecule has 1 aliphatic rings. The van der Waals surface area contributed by atoms with Crippen molar-refractivity contribution >= 4 is 23.2 Å². The van der Waals surface area contributed by atoms with Crippen LogP contribution in [0.1, 0.15) is 30.1 Å². The molecule has 1 aromatic carbocycles. The molecule has 2 aromatic rings. The van der Waals surface area contributed by atoms with Crippen LogP contribution in [-0.4, -0.2) is 29.5 Å². The van der Waals surface area contributed by atoms with E-state index in [0.717, 1.165) is 0 Å². The molecule has 2 amide bonds. The Morgan fingerprint density at radius 3 is 2.64 bits per heavy atom. The zero-order chi connectivity index (χ0) is 17.6. The quantitative estimate of drug-likeness (QED) is 0.812. The fourth-order valence-corrected chi connectivity index (χ4v) is 2.26. The first-order chi connectivity index (χ1) is 12.1. The van der Waals surface area contributed by atoms with E-state index in [1.165, 1.54) is 12.8 Å². The minimum Gasteiger partial charge on any atom is -0.368 e. The summed E-state index contributed by atoms with van der Waals surface area (Å²) in [6.45, 7) is 2.36. The molecule has 3 rings (SSSR count). The van der Waals surface area contributed by atoms with Gasteiger partial charge in [0.15, 0.2) is 0 Å². The van der Waals surface area contributed by atoms with Gasteiger partial charge >= 0.3 is 0 Å². The summed E-state index contributed by atoms with van der Waals surface area (Å²) >= 11 is 0. The number of ether oxygens (including phenoxy) is 1. The molecule has 6 nitrogen and oxygen atoms in total. The van der Waals surface area contributed by atoms with E-state index in [2.05, 4.69) is 15.6 Å². The van der Waals surface area contributed by atoms with Crippen LogP contribution in [0.3, 0.4) is 0 Å². The molecule has 0 radical (unpaired) electrons. The SMILES string of the molecule is C[C@@H](OCC1CC1)C(=O)Nc1cccc(C(=O)Nc2ccncc2)c1. The lowest BCUT2D eigenvalue weighted by Gasteiger charge is -2.13. The Labute approximate surface area is 146 Å². The molecule has 1 aromatic heterocycles. The second kappa shape index (κ2) is 7.90. The second-order valence-corrected chi connectivity index (χ2v) is 6.18. The third-order valence-corrected chi connectivity index (χ3v) is 3.98. The monoisotopic (exact) mass is 339 g/mol. The molecule has 25 heavy (non-hydrogen) atoms. The van der Waals surface area contributed by atoms with Gasteiger partial charge in [-0.1, -0.05) is 6.07 Å². The summed E-state index contributed by atoms with van der Waals surface area (Å²) < 4.78 is 5.56. The van der Waals surface area contributed by atoms with Crippen molar-refractivity contribution in [2.24, 2.45) is 5.92 Å². The number of nitrogens with zero attached hydrogens (tertiary/aromatic N) is 1. The van der Waals surface area contributed by atoms with Crippen molar-refractivity contribution in [2.75, 3.05) is 17.2 Å². The third kappa shape index (κ3) is 5.12. The highest BCUT2D eigenvalue weighted by Gasteiger charge is 2.24. The van der Waals surface area contributed by atoms with E-state index in [9.17, 15) is 9.59 Å². The number of hydrogen-bond donors (Lipinski definition) is 2. The lowest BCUT2D eigenvalue weighted by Crippen LogP contribution is -2.28. The van der Waals surface area contributed by atoms with Gasteiger partial charge in [-0.3, -0.25) is 14.6 Å². The van der Waals surface area contributed by atoms with Crippen molar-refractivity contribution < 1.29 is 14.3 Å². The molecule has 0 bridgehead atoms. The van der Waals surface area contributed by atoms with Crippen LogP contribution in [0.4, 0.5) is 11.4 Å². The molecule has 2 N–H and O–H groups in total. The molecule has 0 aliphatic heterocycles. The van der Waals surface area contributed by atoms with Gasteiger partial charge in [-0.2, -0.15) is 0 Å². The van der Waals surface area contributed by atoms with Gasteiger partial charge in [-0.05, 0) is 56.0 Å². The van der Waals surface area contributed by atoms with Crippen LogP contribution >= 0.6 is 0 Å². The normalized spacial score (nSPS) is 14.6. The van der Waals surface area contributed by atoms with Crippen molar-refractivity contribution in [3.05, 3.63) is 54.4 Å². The molecule has 1 aliphatic carbocycles. The molecule has 0 spiro atoms. The largest absolute Gasteiger partial charge is 0.368 e. The molecule has 6 heteroatoms. The highest BCUT2D eigenvalue weighted by atomic mass is 16.5. The van der Waals surface area contributed by atoms with Gasteiger partial charge in [0.25, 0.3) is 11.8 Å². The second-order valence-electron chi connectivity index (χ2n) is 6.18. The molecule has 1 heterocycles. The molecule has 1 atom stereocenters. The number of anilines is 2. The molecule has 0 unspecified atom stereocenters. The van der Waals surface area contributed by atoms with Crippen LogP contribution in [0, 0.1) is 5.92 Å². The van der Waals surface area contributed by atoms with Crippen molar-refractivity contribution in [3.8, 4) is 0 Å². The number of nitrogens with one attached hydrogen (secondary N) is 2. The molecular formula is C19H21N3O3. The van der Waals surface area contributed by atoms with Crippen molar-refractivity contribution in [3.63, 3.8) is 0 Å². The van der Waals surface area contributed by atoms with E-state index in [1.54, 1.807) is 55.7 Å². The van der Waals surface area contributed by atoms with Crippen molar-refractivity contribution in [1.29, 1.82) is 0 Å². The number of pyridine rings is 1. The Balaban J connectivity index is 1.58. The lowest BCUT2D eigenvalue weighted by molar-refractivity contribution is -0.126. The van der Waals surface area contributed by atoms with Gasteiger partial charge in [-0.15, -0.1) is 0 Å². The summed E-state index contributed by atoms with van der Waals surface area (Å²) in [5.74, 6) is 0.142. The maximum absolute atomic E-state index is 12.3. The fourth-order valence-electron chi connectivity index (χ4n) is 2.26. The average molecular weight is 339 g/mol. The summed E-state index contributed by atoms with van der Waals surface area (Å²) in [6.07, 6.45) is 5.06. The van der Waals surface area contributed by atoms with Gasteiger partial charge in [0.1, 0.15) is 6.10 Å². The molecule has 1 fully saturated rings. The molecular weight excluding hydrogens is 318 g/mol. The van der Waals surface area contributed by atoms with Crippen LogP contribution in [0.15, 0.2) is 48.8 Å². The van der Waals surface area contributed by atoms with Gasteiger partial charge in [0.05, 0.1) is 6.61 Å². The highest BCUT2D eigenvalue weighted by molar-refractivity contribution is 6.05. The average Bonchev–Trinajstić information content (AvgIpc) is 3.45. The van der Waals surface area contributed by atoms with E-state index < -0.39 is 6.10 Å². The molecule has 130 valence electrons. The Bertz CT molecular complexity index is 745. The van der Waals surface area contributed by atoms with E-state index in [-0.39, 0.29) is 11.8 Å². The first-order valence-electron chi connectivity index (χ1n) is 8.36. The van der Waals surface area contributed by atoms with Crippen LogP contribution in [0.25, 0.3) is 0 Å². The number of benzene rings is 1. The minimum absolute atomic E-state index is 0.215. The van der Waals surface area contributed by atoms with Crippen LogP contribution in [-0.2, 0) is 9.53 Å². The molecule has 0 saturated heterocycles. The fraction of sp³-hybridized carbons (Fsp3) is 0.316. The summed E-state index contributed by atoms with van der Waals surface area (Å²) in [5, 5.41) is 5.58. The third-order valence-electron chi connectivity index (χ3n) is 3.98. The van der Waals surface area contributed by atoms with Crippen LogP contribution in [0.2, 0.25) is 0 Å².